The lowest BCUT2D eigenvalue weighted by atomic mass is 9.98. The molecule has 1 aliphatic carbocycles. The van der Waals surface area contributed by atoms with Crippen molar-refractivity contribution in [2.24, 2.45) is 5.92 Å². The van der Waals surface area contributed by atoms with E-state index in [1.807, 2.05) is 12.1 Å². The summed E-state index contributed by atoms with van der Waals surface area (Å²) in [6.45, 7) is 2.96. The maximum atomic E-state index is 11.4. The zero-order chi connectivity index (χ0) is 14.8. The van der Waals surface area contributed by atoms with E-state index in [9.17, 15) is 4.79 Å². The topological polar surface area (TPSA) is 47.6 Å². The molecule has 1 aliphatic heterocycles. The first-order valence-corrected chi connectivity index (χ1v) is 7.78. The van der Waals surface area contributed by atoms with Crippen LogP contribution in [0.25, 0.3) is 0 Å². The van der Waals surface area contributed by atoms with Gasteiger partial charge in [-0.3, -0.25) is 4.79 Å². The van der Waals surface area contributed by atoms with Crippen LogP contribution >= 0.6 is 0 Å². The van der Waals surface area contributed by atoms with Crippen molar-refractivity contribution in [3.63, 3.8) is 0 Å². The fourth-order valence-corrected chi connectivity index (χ4v) is 3.33. The van der Waals surface area contributed by atoms with Crippen LogP contribution in [0.5, 0.6) is 11.5 Å². The Morgan fingerprint density at radius 1 is 1.24 bits per heavy atom. The summed E-state index contributed by atoms with van der Waals surface area (Å²) in [5.41, 5.74) is 1.15. The van der Waals surface area contributed by atoms with Gasteiger partial charge in [0.05, 0.1) is 7.11 Å². The molecule has 1 saturated carbocycles. The molecule has 1 saturated heterocycles. The predicted molar refractivity (Wildman–Crippen MR) is 80.8 cm³/mol. The predicted octanol–water partition coefficient (Wildman–Crippen LogP) is 2.87. The van der Waals surface area contributed by atoms with Crippen molar-refractivity contribution in [1.82, 2.24) is 5.32 Å². The molecule has 2 aliphatic rings. The molecule has 114 valence electrons. The number of hydrogen-bond acceptors (Lipinski definition) is 3. The first kappa shape index (κ1) is 14.2. The number of benzene rings is 1. The maximum absolute atomic E-state index is 11.4. The van der Waals surface area contributed by atoms with E-state index in [0.29, 0.717) is 18.9 Å². The smallest absolute Gasteiger partial charge is 0.220 e. The third-order valence-electron chi connectivity index (χ3n) is 4.70. The van der Waals surface area contributed by atoms with Gasteiger partial charge in [0, 0.05) is 18.9 Å². The molecule has 3 unspecified atom stereocenters. The average Bonchev–Trinajstić information content (AvgIpc) is 3.08. The molecule has 0 radical (unpaired) electrons. The van der Waals surface area contributed by atoms with Crippen molar-refractivity contribution in [3.8, 4) is 11.5 Å². The van der Waals surface area contributed by atoms with Gasteiger partial charge in [-0.1, -0.05) is 13.0 Å². The van der Waals surface area contributed by atoms with Crippen LogP contribution in [0.3, 0.4) is 0 Å². The lowest BCUT2D eigenvalue weighted by Crippen LogP contribution is -2.19. The molecular formula is C17H23NO3. The highest BCUT2D eigenvalue weighted by Gasteiger charge is 2.27. The lowest BCUT2D eigenvalue weighted by molar-refractivity contribution is -0.119. The van der Waals surface area contributed by atoms with Crippen LogP contribution in [-0.4, -0.2) is 25.7 Å². The van der Waals surface area contributed by atoms with Gasteiger partial charge in [0.15, 0.2) is 11.5 Å². The Hall–Kier alpha value is -1.71. The Morgan fingerprint density at radius 3 is 2.71 bits per heavy atom. The van der Waals surface area contributed by atoms with Crippen molar-refractivity contribution in [1.29, 1.82) is 0 Å². The van der Waals surface area contributed by atoms with Crippen molar-refractivity contribution in [3.05, 3.63) is 23.8 Å². The van der Waals surface area contributed by atoms with Gasteiger partial charge in [0.1, 0.15) is 6.10 Å². The van der Waals surface area contributed by atoms with E-state index in [2.05, 4.69) is 18.3 Å². The zero-order valence-corrected chi connectivity index (χ0v) is 12.7. The van der Waals surface area contributed by atoms with E-state index in [1.54, 1.807) is 7.11 Å². The number of nitrogens with one attached hydrogen (secondary N) is 1. The minimum absolute atomic E-state index is 0.128. The van der Waals surface area contributed by atoms with Crippen LogP contribution in [0.15, 0.2) is 18.2 Å². The number of amides is 1. The Morgan fingerprint density at radius 2 is 2.10 bits per heavy atom. The van der Waals surface area contributed by atoms with Crippen LogP contribution < -0.4 is 14.8 Å². The molecular weight excluding hydrogens is 266 g/mol. The van der Waals surface area contributed by atoms with Crippen LogP contribution in [0.1, 0.15) is 44.1 Å². The van der Waals surface area contributed by atoms with Gasteiger partial charge < -0.3 is 14.8 Å². The summed E-state index contributed by atoms with van der Waals surface area (Å²) in [7, 11) is 1.67. The van der Waals surface area contributed by atoms with Crippen molar-refractivity contribution in [2.75, 3.05) is 13.7 Å². The highest BCUT2D eigenvalue weighted by atomic mass is 16.5. The highest BCUT2D eigenvalue weighted by molar-refractivity contribution is 5.79. The maximum Gasteiger partial charge on any atom is 0.220 e. The number of rotatable bonds is 4. The van der Waals surface area contributed by atoms with E-state index in [4.69, 9.17) is 9.47 Å². The molecule has 2 fully saturated rings. The first-order valence-electron chi connectivity index (χ1n) is 7.78. The Labute approximate surface area is 125 Å². The van der Waals surface area contributed by atoms with E-state index >= 15 is 0 Å². The average molecular weight is 289 g/mol. The van der Waals surface area contributed by atoms with Crippen molar-refractivity contribution < 1.29 is 14.3 Å². The normalized spacial score (nSPS) is 28.5. The van der Waals surface area contributed by atoms with Gasteiger partial charge in [0.2, 0.25) is 5.91 Å². The molecule has 0 bridgehead atoms. The molecule has 1 N–H and O–H groups in total. The largest absolute Gasteiger partial charge is 0.493 e. The monoisotopic (exact) mass is 289 g/mol. The van der Waals surface area contributed by atoms with Crippen LogP contribution in [-0.2, 0) is 4.79 Å². The molecule has 0 aromatic heterocycles. The number of carbonyl (C=O) groups is 1. The standard InChI is InChI=1S/C17H23NO3/c1-11-4-3-5-14(11)21-16-8-12(6-7-15(16)20-2)13-9-17(19)18-10-13/h6-8,11,13-14H,3-5,9-10H2,1-2H3,(H,18,19). The summed E-state index contributed by atoms with van der Waals surface area (Å²) in [6.07, 6.45) is 4.41. The van der Waals surface area contributed by atoms with E-state index in [0.717, 1.165) is 23.5 Å². The second-order valence-electron chi connectivity index (χ2n) is 6.18. The summed E-state index contributed by atoms with van der Waals surface area (Å²) in [5.74, 6) is 2.55. The number of ether oxygens (including phenoxy) is 2. The van der Waals surface area contributed by atoms with Crippen LogP contribution in [0.2, 0.25) is 0 Å². The third-order valence-corrected chi connectivity index (χ3v) is 4.70. The minimum atomic E-state index is 0.128. The van der Waals surface area contributed by atoms with Crippen LogP contribution in [0, 0.1) is 5.92 Å². The molecule has 1 amide bonds. The Balaban J connectivity index is 1.81. The molecule has 4 heteroatoms. The molecule has 0 spiro atoms. The fraction of sp³-hybridized carbons (Fsp3) is 0.588. The fourth-order valence-electron chi connectivity index (χ4n) is 3.33. The molecule has 21 heavy (non-hydrogen) atoms. The van der Waals surface area contributed by atoms with Gasteiger partial charge >= 0.3 is 0 Å². The van der Waals surface area contributed by atoms with Gasteiger partial charge in [-0.2, -0.15) is 0 Å². The summed E-state index contributed by atoms with van der Waals surface area (Å²) in [5, 5.41) is 2.89. The van der Waals surface area contributed by atoms with Crippen LogP contribution in [0.4, 0.5) is 0 Å². The second kappa shape index (κ2) is 5.96. The minimum Gasteiger partial charge on any atom is -0.493 e. The highest BCUT2D eigenvalue weighted by Crippen LogP contribution is 2.37. The molecule has 3 atom stereocenters. The molecule has 1 aromatic rings. The van der Waals surface area contributed by atoms with Gasteiger partial charge in [-0.05, 0) is 42.9 Å². The third kappa shape index (κ3) is 2.99. The van der Waals surface area contributed by atoms with E-state index in [-0.39, 0.29) is 17.9 Å². The van der Waals surface area contributed by atoms with Crippen molar-refractivity contribution in [2.45, 2.75) is 44.6 Å². The summed E-state index contributed by atoms with van der Waals surface area (Å²) >= 11 is 0. The molecule has 4 nitrogen and oxygen atoms in total. The second-order valence-corrected chi connectivity index (χ2v) is 6.18. The van der Waals surface area contributed by atoms with Gasteiger partial charge in [0.25, 0.3) is 0 Å². The van der Waals surface area contributed by atoms with Gasteiger partial charge in [-0.25, -0.2) is 0 Å². The summed E-state index contributed by atoms with van der Waals surface area (Å²) in [4.78, 5) is 11.4. The number of methoxy groups -OCH3 is 1. The van der Waals surface area contributed by atoms with E-state index < -0.39 is 0 Å². The van der Waals surface area contributed by atoms with E-state index in [1.165, 1.54) is 12.8 Å². The Kier molecular flexibility index (Phi) is 4.04. The summed E-state index contributed by atoms with van der Waals surface area (Å²) < 4.78 is 11.6. The molecule has 1 aromatic carbocycles. The molecule has 3 rings (SSSR count). The quantitative estimate of drug-likeness (QED) is 0.927. The Bertz CT molecular complexity index is 529. The van der Waals surface area contributed by atoms with Crippen molar-refractivity contribution >= 4 is 5.91 Å². The number of hydrogen-bond donors (Lipinski definition) is 1. The summed E-state index contributed by atoms with van der Waals surface area (Å²) in [6, 6.07) is 6.04. The number of carbonyl (C=O) groups excluding carboxylic acids is 1. The zero-order valence-electron chi connectivity index (χ0n) is 12.7. The lowest BCUT2D eigenvalue weighted by Gasteiger charge is -2.21. The van der Waals surface area contributed by atoms with Gasteiger partial charge in [-0.15, -0.1) is 0 Å². The SMILES string of the molecule is COc1ccc(C2CNC(=O)C2)cc1OC1CCCC1C. The first-order chi connectivity index (χ1) is 10.2. The molecule has 1 heterocycles.